The van der Waals surface area contributed by atoms with Gasteiger partial charge in [-0.3, -0.25) is 4.98 Å². The molecule has 1 aliphatic heterocycles. The topological polar surface area (TPSA) is 53.6 Å². The summed E-state index contributed by atoms with van der Waals surface area (Å²) in [4.78, 5) is 11.8. The molecule has 0 radical (unpaired) electrons. The molecule has 3 heterocycles. The number of nitrogens with one attached hydrogen (secondary N) is 2. The van der Waals surface area contributed by atoms with Crippen LogP contribution in [0.1, 0.15) is 18.4 Å². The summed E-state index contributed by atoms with van der Waals surface area (Å²) in [5.41, 5.74) is 3.33. The summed E-state index contributed by atoms with van der Waals surface area (Å²) in [5, 5.41) is 3.36. The lowest BCUT2D eigenvalue weighted by Gasteiger charge is -2.11. The number of hydrogen-bond acceptors (Lipinski definition) is 4. The summed E-state index contributed by atoms with van der Waals surface area (Å²) < 4.78 is 0.516. The van der Waals surface area contributed by atoms with Crippen molar-refractivity contribution in [3.8, 4) is 11.3 Å². The van der Waals surface area contributed by atoms with Crippen molar-refractivity contribution in [1.82, 2.24) is 15.0 Å². The lowest BCUT2D eigenvalue weighted by molar-refractivity contribution is 0.785. The Kier molecular flexibility index (Phi) is 3.06. The van der Waals surface area contributed by atoms with Crippen LogP contribution in [-0.2, 0) is 6.42 Å². The van der Waals surface area contributed by atoms with Gasteiger partial charge in [-0.1, -0.05) is 0 Å². The first kappa shape index (κ1) is 11.3. The predicted octanol–water partition coefficient (Wildman–Crippen LogP) is 2.95. The Morgan fingerprint density at radius 1 is 1.28 bits per heavy atom. The number of rotatable bonds is 1. The lowest BCUT2D eigenvalue weighted by atomic mass is 10.0. The Hall–Kier alpha value is -1.75. The normalized spacial score (nSPS) is 14.4. The Morgan fingerprint density at radius 3 is 3.06 bits per heavy atom. The molecule has 4 nitrogen and oxygen atoms in total. The fourth-order valence-corrected chi connectivity index (χ4v) is 2.47. The Labute approximate surface area is 111 Å². The molecule has 0 fully saturated rings. The maximum atomic E-state index is 5.20. The zero-order valence-corrected chi connectivity index (χ0v) is 10.8. The minimum atomic E-state index is 0.516. The van der Waals surface area contributed by atoms with Crippen molar-refractivity contribution in [1.29, 1.82) is 0 Å². The smallest absolute Gasteiger partial charge is 0.199 e. The van der Waals surface area contributed by atoms with Crippen LogP contribution in [-0.4, -0.2) is 21.5 Å². The standard InChI is InChI=1S/C13H14N4S/c18-13-16-11(9-4-3-6-14-8-9)10-5-1-2-7-15-12(10)17-13/h3-4,6,8H,1-2,5,7H2,(H2,15,16,17,18). The van der Waals surface area contributed by atoms with Crippen LogP contribution in [0.4, 0.5) is 5.82 Å². The molecule has 3 rings (SSSR count). The fourth-order valence-electron chi connectivity index (χ4n) is 2.28. The molecule has 5 heteroatoms. The summed E-state index contributed by atoms with van der Waals surface area (Å²) >= 11 is 5.20. The molecule has 0 bridgehead atoms. The maximum absolute atomic E-state index is 5.20. The number of anilines is 1. The average molecular weight is 258 g/mol. The molecule has 92 valence electrons. The fraction of sp³-hybridized carbons (Fsp3) is 0.308. The van der Waals surface area contributed by atoms with Crippen molar-refractivity contribution in [3.63, 3.8) is 0 Å². The predicted molar refractivity (Wildman–Crippen MR) is 74.1 cm³/mol. The van der Waals surface area contributed by atoms with Gasteiger partial charge in [-0.05, 0) is 43.6 Å². The van der Waals surface area contributed by atoms with Gasteiger partial charge in [0, 0.05) is 30.1 Å². The van der Waals surface area contributed by atoms with Crippen molar-refractivity contribution in [2.75, 3.05) is 11.9 Å². The summed E-state index contributed by atoms with van der Waals surface area (Å²) in [6.45, 7) is 0.964. The van der Waals surface area contributed by atoms with E-state index in [1.54, 1.807) is 6.20 Å². The van der Waals surface area contributed by atoms with Gasteiger partial charge < -0.3 is 10.3 Å². The van der Waals surface area contributed by atoms with E-state index in [4.69, 9.17) is 12.2 Å². The van der Waals surface area contributed by atoms with E-state index in [2.05, 4.69) is 20.3 Å². The van der Waals surface area contributed by atoms with E-state index in [1.165, 1.54) is 12.0 Å². The molecule has 2 N–H and O–H groups in total. The van der Waals surface area contributed by atoms with E-state index in [0.717, 1.165) is 36.5 Å². The van der Waals surface area contributed by atoms with Crippen LogP contribution < -0.4 is 5.32 Å². The highest BCUT2D eigenvalue weighted by Crippen LogP contribution is 2.28. The first-order valence-corrected chi connectivity index (χ1v) is 6.53. The van der Waals surface area contributed by atoms with Gasteiger partial charge in [0.05, 0.1) is 5.69 Å². The zero-order chi connectivity index (χ0) is 12.4. The monoisotopic (exact) mass is 258 g/mol. The van der Waals surface area contributed by atoms with Crippen LogP contribution in [0, 0.1) is 4.77 Å². The molecule has 0 atom stereocenters. The molecule has 0 aromatic carbocycles. The van der Waals surface area contributed by atoms with E-state index in [1.807, 2.05) is 18.3 Å². The van der Waals surface area contributed by atoms with Gasteiger partial charge in [0.1, 0.15) is 5.82 Å². The number of aromatic amines is 1. The lowest BCUT2D eigenvalue weighted by Crippen LogP contribution is -2.05. The Bertz CT molecular complexity index is 606. The third kappa shape index (κ3) is 2.13. The van der Waals surface area contributed by atoms with E-state index in [9.17, 15) is 0 Å². The quantitative estimate of drug-likeness (QED) is 0.772. The number of fused-ring (bicyclic) bond motifs is 1. The molecule has 0 aliphatic carbocycles. The third-order valence-electron chi connectivity index (χ3n) is 3.13. The summed E-state index contributed by atoms with van der Waals surface area (Å²) in [7, 11) is 0. The first-order chi connectivity index (χ1) is 8.84. The Balaban J connectivity index is 2.20. The number of nitrogens with zero attached hydrogens (tertiary/aromatic N) is 2. The molecular weight excluding hydrogens is 244 g/mol. The van der Waals surface area contributed by atoms with Crippen LogP contribution in [0.2, 0.25) is 0 Å². The number of aromatic nitrogens is 3. The van der Waals surface area contributed by atoms with Crippen molar-refractivity contribution in [3.05, 3.63) is 34.9 Å². The number of pyridine rings is 1. The van der Waals surface area contributed by atoms with Gasteiger partial charge in [0.2, 0.25) is 0 Å². The molecular formula is C13H14N4S. The van der Waals surface area contributed by atoms with Crippen LogP contribution in [0.3, 0.4) is 0 Å². The average Bonchev–Trinajstić information content (AvgIpc) is 2.64. The van der Waals surface area contributed by atoms with Gasteiger partial charge >= 0.3 is 0 Å². The third-order valence-corrected chi connectivity index (χ3v) is 3.32. The molecule has 0 spiro atoms. The summed E-state index contributed by atoms with van der Waals surface area (Å²) in [5.74, 6) is 0.926. The summed E-state index contributed by atoms with van der Waals surface area (Å²) in [6.07, 6.45) is 6.98. The van der Waals surface area contributed by atoms with Crippen LogP contribution >= 0.6 is 12.2 Å². The number of H-pyrrole nitrogens is 1. The van der Waals surface area contributed by atoms with Crippen LogP contribution in [0.15, 0.2) is 24.5 Å². The van der Waals surface area contributed by atoms with Crippen LogP contribution in [0.5, 0.6) is 0 Å². The van der Waals surface area contributed by atoms with E-state index < -0.39 is 0 Å². The summed E-state index contributed by atoms with van der Waals surface area (Å²) in [6, 6.07) is 3.97. The van der Waals surface area contributed by atoms with Gasteiger partial charge in [-0.2, -0.15) is 0 Å². The second-order valence-electron chi connectivity index (χ2n) is 4.37. The van der Waals surface area contributed by atoms with Gasteiger partial charge in [0.15, 0.2) is 4.77 Å². The van der Waals surface area contributed by atoms with Crippen molar-refractivity contribution >= 4 is 18.0 Å². The second kappa shape index (κ2) is 4.86. The molecule has 2 aromatic heterocycles. The zero-order valence-electron chi connectivity index (χ0n) is 9.94. The van der Waals surface area contributed by atoms with E-state index in [-0.39, 0.29) is 0 Å². The highest BCUT2D eigenvalue weighted by atomic mass is 32.1. The minimum absolute atomic E-state index is 0.516. The molecule has 18 heavy (non-hydrogen) atoms. The maximum Gasteiger partial charge on any atom is 0.199 e. The molecule has 0 saturated carbocycles. The Morgan fingerprint density at radius 2 is 2.22 bits per heavy atom. The van der Waals surface area contributed by atoms with Crippen molar-refractivity contribution in [2.45, 2.75) is 19.3 Å². The molecule has 0 unspecified atom stereocenters. The van der Waals surface area contributed by atoms with E-state index >= 15 is 0 Å². The van der Waals surface area contributed by atoms with Crippen molar-refractivity contribution < 1.29 is 0 Å². The molecule has 0 saturated heterocycles. The largest absolute Gasteiger partial charge is 0.370 e. The number of hydrogen-bond donors (Lipinski definition) is 2. The second-order valence-corrected chi connectivity index (χ2v) is 4.76. The van der Waals surface area contributed by atoms with Gasteiger partial charge in [-0.15, -0.1) is 0 Å². The van der Waals surface area contributed by atoms with Gasteiger partial charge in [-0.25, -0.2) is 4.98 Å². The van der Waals surface area contributed by atoms with Crippen LogP contribution in [0.25, 0.3) is 11.3 Å². The SMILES string of the molecule is S=c1nc2c(c(-c3cccnc3)[nH]1)CCCCN2. The molecule has 2 aromatic rings. The highest BCUT2D eigenvalue weighted by Gasteiger charge is 2.15. The first-order valence-electron chi connectivity index (χ1n) is 6.12. The van der Waals surface area contributed by atoms with Gasteiger partial charge in [0.25, 0.3) is 0 Å². The molecule has 0 amide bonds. The van der Waals surface area contributed by atoms with Crippen molar-refractivity contribution in [2.24, 2.45) is 0 Å². The minimum Gasteiger partial charge on any atom is -0.370 e. The highest BCUT2D eigenvalue weighted by molar-refractivity contribution is 7.71. The van der Waals surface area contributed by atoms with E-state index in [0.29, 0.717) is 4.77 Å². The molecule has 1 aliphatic rings.